The summed E-state index contributed by atoms with van der Waals surface area (Å²) in [6.45, 7) is 0.982. The van der Waals surface area contributed by atoms with Crippen molar-refractivity contribution in [3.63, 3.8) is 0 Å². The Kier molecular flexibility index (Phi) is 5.80. The van der Waals surface area contributed by atoms with Gasteiger partial charge in [-0.25, -0.2) is 4.79 Å². The lowest BCUT2D eigenvalue weighted by Gasteiger charge is -2.19. The number of hydrogen-bond acceptors (Lipinski definition) is 6. The fourth-order valence-corrected chi connectivity index (χ4v) is 2.58. The van der Waals surface area contributed by atoms with Gasteiger partial charge in [0.25, 0.3) is 5.91 Å². The molecule has 0 unspecified atom stereocenters. The average molecular weight is 371 g/mol. The van der Waals surface area contributed by atoms with Gasteiger partial charge in [-0.2, -0.15) is 0 Å². The molecule has 0 N–H and O–H groups in total. The van der Waals surface area contributed by atoms with Crippen LogP contribution in [0.2, 0.25) is 0 Å². The molecular formula is C20H21NO6. The van der Waals surface area contributed by atoms with E-state index in [9.17, 15) is 9.59 Å². The molecule has 0 saturated heterocycles. The minimum Gasteiger partial charge on any atom is -0.497 e. The third-order valence-corrected chi connectivity index (χ3v) is 4.11. The van der Waals surface area contributed by atoms with Gasteiger partial charge in [0.2, 0.25) is 0 Å². The van der Waals surface area contributed by atoms with Crippen LogP contribution in [-0.2, 0) is 16.1 Å². The molecule has 0 fully saturated rings. The lowest BCUT2D eigenvalue weighted by atomic mass is 10.2. The van der Waals surface area contributed by atoms with Gasteiger partial charge in [0.1, 0.15) is 19.0 Å². The number of amides is 1. The normalized spacial score (nSPS) is 12.2. The van der Waals surface area contributed by atoms with Crippen molar-refractivity contribution < 1.29 is 28.5 Å². The van der Waals surface area contributed by atoms with E-state index in [1.165, 1.54) is 4.90 Å². The fraction of sp³-hybridized carbons (Fsp3) is 0.300. The number of methoxy groups -OCH3 is 1. The molecule has 0 bridgehead atoms. The Balaban J connectivity index is 1.52. The number of hydrogen-bond donors (Lipinski definition) is 0. The molecule has 3 rings (SSSR count). The van der Waals surface area contributed by atoms with E-state index in [-0.39, 0.29) is 12.5 Å². The number of carbonyl (C=O) groups excluding carboxylic acids is 2. The molecule has 27 heavy (non-hydrogen) atoms. The molecule has 7 heteroatoms. The summed E-state index contributed by atoms with van der Waals surface area (Å²) < 4.78 is 21.1. The molecule has 1 heterocycles. The standard InChI is InChI=1S/C20H21NO6/c1-21(12-14-3-6-16(24-2)7-4-14)19(22)13-27-20(23)15-5-8-17-18(11-15)26-10-9-25-17/h3-8,11H,9-10,12-13H2,1-2H3. The largest absolute Gasteiger partial charge is 0.497 e. The summed E-state index contributed by atoms with van der Waals surface area (Å²) in [5.74, 6) is 0.961. The van der Waals surface area contributed by atoms with E-state index in [1.807, 2.05) is 24.3 Å². The number of carbonyl (C=O) groups is 2. The van der Waals surface area contributed by atoms with Gasteiger partial charge in [-0.1, -0.05) is 12.1 Å². The molecule has 1 amide bonds. The summed E-state index contributed by atoms with van der Waals surface area (Å²) in [5, 5.41) is 0. The van der Waals surface area contributed by atoms with E-state index >= 15 is 0 Å². The van der Waals surface area contributed by atoms with E-state index < -0.39 is 5.97 Å². The zero-order valence-corrected chi connectivity index (χ0v) is 15.3. The molecule has 0 aromatic heterocycles. The monoisotopic (exact) mass is 371 g/mol. The van der Waals surface area contributed by atoms with Crippen molar-refractivity contribution in [2.45, 2.75) is 6.54 Å². The SMILES string of the molecule is COc1ccc(CN(C)C(=O)COC(=O)c2ccc3c(c2)OCCO3)cc1. The summed E-state index contributed by atoms with van der Waals surface area (Å²) in [5.41, 5.74) is 1.26. The number of fused-ring (bicyclic) bond motifs is 1. The van der Waals surface area contributed by atoms with Crippen LogP contribution < -0.4 is 14.2 Å². The summed E-state index contributed by atoms with van der Waals surface area (Å²) in [6, 6.07) is 12.2. The third-order valence-electron chi connectivity index (χ3n) is 4.11. The van der Waals surface area contributed by atoms with Gasteiger partial charge in [0.15, 0.2) is 18.1 Å². The minimum absolute atomic E-state index is 0.295. The van der Waals surface area contributed by atoms with E-state index in [1.54, 1.807) is 32.4 Å². The Morgan fingerprint density at radius 3 is 2.44 bits per heavy atom. The molecule has 7 nitrogen and oxygen atoms in total. The van der Waals surface area contributed by atoms with Gasteiger partial charge in [0.05, 0.1) is 12.7 Å². The van der Waals surface area contributed by atoms with Crippen LogP contribution in [0, 0.1) is 0 Å². The molecule has 0 radical (unpaired) electrons. The van der Waals surface area contributed by atoms with E-state index in [2.05, 4.69) is 0 Å². The number of rotatable bonds is 6. The van der Waals surface area contributed by atoms with E-state index in [0.717, 1.165) is 11.3 Å². The summed E-state index contributed by atoms with van der Waals surface area (Å²) in [7, 11) is 3.26. The van der Waals surface area contributed by atoms with Crippen molar-refractivity contribution in [3.8, 4) is 17.2 Å². The first-order valence-corrected chi connectivity index (χ1v) is 8.50. The first-order valence-electron chi connectivity index (χ1n) is 8.50. The maximum absolute atomic E-state index is 12.2. The van der Waals surface area contributed by atoms with Crippen molar-refractivity contribution >= 4 is 11.9 Å². The van der Waals surface area contributed by atoms with Crippen molar-refractivity contribution in [1.29, 1.82) is 0 Å². The highest BCUT2D eigenvalue weighted by atomic mass is 16.6. The zero-order valence-electron chi connectivity index (χ0n) is 15.3. The summed E-state index contributed by atoms with van der Waals surface area (Å²) in [6.07, 6.45) is 0. The van der Waals surface area contributed by atoms with Gasteiger partial charge in [-0.15, -0.1) is 0 Å². The number of ether oxygens (including phenoxy) is 4. The summed E-state index contributed by atoms with van der Waals surface area (Å²) in [4.78, 5) is 25.9. The molecule has 142 valence electrons. The molecule has 2 aromatic carbocycles. The zero-order chi connectivity index (χ0) is 19.2. The van der Waals surface area contributed by atoms with Crippen molar-refractivity contribution in [3.05, 3.63) is 53.6 Å². The van der Waals surface area contributed by atoms with Crippen LogP contribution in [0.3, 0.4) is 0 Å². The molecule has 0 aliphatic carbocycles. The Morgan fingerprint density at radius 2 is 1.74 bits per heavy atom. The van der Waals surface area contributed by atoms with Crippen LogP contribution in [0.1, 0.15) is 15.9 Å². The summed E-state index contributed by atoms with van der Waals surface area (Å²) >= 11 is 0. The van der Waals surface area contributed by atoms with Crippen LogP contribution in [0.4, 0.5) is 0 Å². The van der Waals surface area contributed by atoms with E-state index in [0.29, 0.717) is 36.8 Å². The van der Waals surface area contributed by atoms with Gasteiger partial charge < -0.3 is 23.8 Å². The van der Waals surface area contributed by atoms with Crippen molar-refractivity contribution in [2.75, 3.05) is 34.0 Å². The van der Waals surface area contributed by atoms with Crippen molar-refractivity contribution in [1.82, 2.24) is 4.90 Å². The molecule has 0 saturated carbocycles. The Labute approximate surface area is 157 Å². The van der Waals surface area contributed by atoms with Crippen LogP contribution in [0.25, 0.3) is 0 Å². The number of benzene rings is 2. The van der Waals surface area contributed by atoms with Crippen LogP contribution in [0.15, 0.2) is 42.5 Å². The maximum atomic E-state index is 12.2. The average Bonchev–Trinajstić information content (AvgIpc) is 2.71. The minimum atomic E-state index is -0.585. The molecule has 0 spiro atoms. The molecular weight excluding hydrogens is 350 g/mol. The van der Waals surface area contributed by atoms with E-state index in [4.69, 9.17) is 18.9 Å². The second-order valence-corrected chi connectivity index (χ2v) is 6.03. The Morgan fingerprint density at radius 1 is 1.04 bits per heavy atom. The fourth-order valence-electron chi connectivity index (χ4n) is 2.58. The first-order chi connectivity index (χ1) is 13.1. The highest BCUT2D eigenvalue weighted by Crippen LogP contribution is 2.30. The Bertz CT molecular complexity index is 818. The number of nitrogens with zero attached hydrogens (tertiary/aromatic N) is 1. The predicted octanol–water partition coefficient (Wildman–Crippen LogP) is 2.28. The quantitative estimate of drug-likeness (QED) is 0.726. The lowest BCUT2D eigenvalue weighted by molar-refractivity contribution is -0.133. The lowest BCUT2D eigenvalue weighted by Crippen LogP contribution is -2.30. The second-order valence-electron chi connectivity index (χ2n) is 6.03. The van der Waals surface area contributed by atoms with Crippen molar-refractivity contribution in [2.24, 2.45) is 0 Å². The number of esters is 1. The third kappa shape index (κ3) is 4.69. The highest BCUT2D eigenvalue weighted by molar-refractivity contribution is 5.92. The smallest absolute Gasteiger partial charge is 0.338 e. The molecule has 2 aromatic rings. The number of likely N-dealkylation sites (N-methyl/N-ethyl adjacent to an activating group) is 1. The van der Waals surface area contributed by atoms with Gasteiger partial charge >= 0.3 is 5.97 Å². The molecule has 1 aliphatic rings. The molecule has 1 aliphatic heterocycles. The topological polar surface area (TPSA) is 74.3 Å². The van der Waals surface area contributed by atoms with Gasteiger partial charge in [-0.3, -0.25) is 4.79 Å². The second kappa shape index (κ2) is 8.44. The molecule has 0 atom stereocenters. The van der Waals surface area contributed by atoms with Crippen LogP contribution in [-0.4, -0.2) is 50.8 Å². The maximum Gasteiger partial charge on any atom is 0.338 e. The van der Waals surface area contributed by atoms with Gasteiger partial charge in [-0.05, 0) is 35.9 Å². The van der Waals surface area contributed by atoms with Gasteiger partial charge in [0, 0.05) is 13.6 Å². The van der Waals surface area contributed by atoms with Crippen LogP contribution in [0.5, 0.6) is 17.2 Å². The highest BCUT2D eigenvalue weighted by Gasteiger charge is 2.17. The predicted molar refractivity (Wildman–Crippen MR) is 97.2 cm³/mol. The first kappa shape index (κ1) is 18.6. The Hall–Kier alpha value is -3.22. The van der Waals surface area contributed by atoms with Crippen LogP contribution >= 0.6 is 0 Å².